The first-order valence-corrected chi connectivity index (χ1v) is 6.66. The van der Waals surface area contributed by atoms with Gasteiger partial charge in [-0.3, -0.25) is 4.79 Å². The molecule has 0 bridgehead atoms. The van der Waals surface area contributed by atoms with Crippen LogP contribution in [0.15, 0.2) is 24.3 Å². The Morgan fingerprint density at radius 1 is 1.17 bits per heavy atom. The van der Waals surface area contributed by atoms with E-state index in [1.54, 1.807) is 6.07 Å². The zero-order chi connectivity index (χ0) is 13.0. The highest BCUT2D eigenvalue weighted by molar-refractivity contribution is 5.66. The molecule has 3 nitrogen and oxygen atoms in total. The van der Waals surface area contributed by atoms with E-state index in [0.29, 0.717) is 17.6 Å². The highest BCUT2D eigenvalue weighted by Crippen LogP contribution is 2.40. The van der Waals surface area contributed by atoms with Crippen molar-refractivity contribution in [1.29, 1.82) is 0 Å². The molecule has 0 saturated heterocycles. The maximum atomic E-state index is 10.5. The Morgan fingerprint density at radius 3 is 2.44 bits per heavy atom. The van der Waals surface area contributed by atoms with Crippen LogP contribution in [0.1, 0.15) is 50.0 Å². The Balaban J connectivity index is 1.87. The van der Waals surface area contributed by atoms with E-state index in [9.17, 15) is 9.90 Å². The predicted octanol–water partition coefficient (Wildman–Crippen LogP) is 3.53. The van der Waals surface area contributed by atoms with E-state index in [-0.39, 0.29) is 6.42 Å². The van der Waals surface area contributed by atoms with Gasteiger partial charge in [0.05, 0.1) is 0 Å². The Morgan fingerprint density at radius 2 is 1.83 bits per heavy atom. The largest absolute Gasteiger partial charge is 0.508 e. The van der Waals surface area contributed by atoms with Crippen molar-refractivity contribution >= 4 is 5.97 Å². The number of benzene rings is 1. The fourth-order valence-electron chi connectivity index (χ4n) is 2.92. The number of hydrogen-bond acceptors (Lipinski definition) is 2. The van der Waals surface area contributed by atoms with Crippen molar-refractivity contribution in [3.63, 3.8) is 0 Å². The molecular formula is C15H20O3. The molecule has 1 aliphatic carbocycles. The summed E-state index contributed by atoms with van der Waals surface area (Å²) in [5.74, 6) is 0.680. The predicted molar refractivity (Wildman–Crippen MR) is 69.7 cm³/mol. The van der Waals surface area contributed by atoms with Crippen LogP contribution in [0.5, 0.6) is 5.75 Å². The molecule has 0 spiro atoms. The van der Waals surface area contributed by atoms with Gasteiger partial charge < -0.3 is 10.2 Å². The molecule has 1 fully saturated rings. The first-order chi connectivity index (χ1) is 8.66. The van der Waals surface area contributed by atoms with Crippen molar-refractivity contribution in [3.05, 3.63) is 29.8 Å². The summed E-state index contributed by atoms with van der Waals surface area (Å²) in [6, 6.07) is 7.55. The highest BCUT2D eigenvalue weighted by atomic mass is 16.4. The van der Waals surface area contributed by atoms with Crippen molar-refractivity contribution in [2.75, 3.05) is 0 Å². The number of para-hydroxylation sites is 1. The Labute approximate surface area is 107 Å². The van der Waals surface area contributed by atoms with Gasteiger partial charge in [-0.25, -0.2) is 0 Å². The molecule has 0 amide bonds. The topological polar surface area (TPSA) is 57.5 Å². The summed E-state index contributed by atoms with van der Waals surface area (Å²) >= 11 is 0. The normalized spacial score (nSPS) is 23.8. The standard InChI is InChI=1S/C15H20O3/c16-14-4-2-1-3-13(14)12-8-5-11(6-9-12)7-10-15(17)18/h1-4,11-12,16H,5-10H2,(H,17,18). The van der Waals surface area contributed by atoms with Crippen molar-refractivity contribution in [1.82, 2.24) is 0 Å². The van der Waals surface area contributed by atoms with Crippen LogP contribution in [-0.2, 0) is 4.79 Å². The third-order valence-corrected chi connectivity index (χ3v) is 3.99. The van der Waals surface area contributed by atoms with E-state index in [1.807, 2.05) is 18.2 Å². The van der Waals surface area contributed by atoms with Crippen molar-refractivity contribution in [2.24, 2.45) is 5.92 Å². The molecule has 0 atom stereocenters. The molecule has 2 rings (SSSR count). The number of aliphatic carboxylic acids is 1. The second-order valence-corrected chi connectivity index (χ2v) is 5.21. The van der Waals surface area contributed by atoms with Crippen molar-refractivity contribution in [2.45, 2.75) is 44.4 Å². The minimum Gasteiger partial charge on any atom is -0.508 e. The molecule has 3 heteroatoms. The molecular weight excluding hydrogens is 228 g/mol. The number of carboxylic acid groups (broad SMARTS) is 1. The number of aromatic hydroxyl groups is 1. The van der Waals surface area contributed by atoms with Gasteiger partial charge in [-0.1, -0.05) is 18.2 Å². The van der Waals surface area contributed by atoms with Gasteiger partial charge in [0, 0.05) is 6.42 Å². The maximum Gasteiger partial charge on any atom is 0.303 e. The van der Waals surface area contributed by atoms with E-state index in [4.69, 9.17) is 5.11 Å². The minimum absolute atomic E-state index is 0.284. The highest BCUT2D eigenvalue weighted by Gasteiger charge is 2.24. The van der Waals surface area contributed by atoms with Crippen LogP contribution < -0.4 is 0 Å². The molecule has 2 N–H and O–H groups in total. The van der Waals surface area contributed by atoms with E-state index in [2.05, 4.69) is 0 Å². The lowest BCUT2D eigenvalue weighted by molar-refractivity contribution is -0.137. The molecule has 0 unspecified atom stereocenters. The molecule has 1 aromatic carbocycles. The molecule has 98 valence electrons. The molecule has 1 aromatic rings. The van der Waals surface area contributed by atoms with Crippen LogP contribution in [0, 0.1) is 5.92 Å². The van der Waals surface area contributed by atoms with Crippen molar-refractivity contribution in [3.8, 4) is 5.75 Å². The van der Waals surface area contributed by atoms with Crippen LogP contribution in [-0.4, -0.2) is 16.2 Å². The lowest BCUT2D eigenvalue weighted by Gasteiger charge is -2.28. The number of carbonyl (C=O) groups is 1. The Bertz CT molecular complexity index is 406. The van der Waals surface area contributed by atoms with Crippen LogP contribution in [0.2, 0.25) is 0 Å². The zero-order valence-corrected chi connectivity index (χ0v) is 10.5. The molecule has 1 saturated carbocycles. The quantitative estimate of drug-likeness (QED) is 0.857. The maximum absolute atomic E-state index is 10.5. The van der Waals surface area contributed by atoms with Gasteiger partial charge in [0.2, 0.25) is 0 Å². The summed E-state index contributed by atoms with van der Waals surface area (Å²) in [6.45, 7) is 0. The second-order valence-electron chi connectivity index (χ2n) is 5.21. The lowest BCUT2D eigenvalue weighted by atomic mass is 9.77. The number of rotatable bonds is 4. The van der Waals surface area contributed by atoms with Crippen LogP contribution in [0.4, 0.5) is 0 Å². The van der Waals surface area contributed by atoms with Crippen LogP contribution >= 0.6 is 0 Å². The van der Waals surface area contributed by atoms with Gasteiger partial charge in [-0.05, 0) is 55.6 Å². The number of phenols is 1. The van der Waals surface area contributed by atoms with E-state index in [1.165, 1.54) is 0 Å². The third kappa shape index (κ3) is 3.25. The van der Waals surface area contributed by atoms with Gasteiger partial charge >= 0.3 is 5.97 Å². The molecule has 0 radical (unpaired) electrons. The molecule has 0 aromatic heterocycles. The molecule has 0 heterocycles. The smallest absolute Gasteiger partial charge is 0.303 e. The molecule has 0 aliphatic heterocycles. The summed E-state index contributed by atoms with van der Waals surface area (Å²) in [4.78, 5) is 10.5. The average molecular weight is 248 g/mol. The molecule has 1 aliphatic rings. The third-order valence-electron chi connectivity index (χ3n) is 3.99. The number of hydrogen-bond donors (Lipinski definition) is 2. The SMILES string of the molecule is O=C(O)CCC1CCC(c2ccccc2O)CC1. The summed E-state index contributed by atoms with van der Waals surface area (Å²) < 4.78 is 0. The first kappa shape index (κ1) is 12.9. The van der Waals surface area contributed by atoms with Crippen molar-refractivity contribution < 1.29 is 15.0 Å². The summed E-state index contributed by atoms with van der Waals surface area (Å²) in [5, 5.41) is 18.5. The zero-order valence-electron chi connectivity index (χ0n) is 10.5. The average Bonchev–Trinajstić information content (AvgIpc) is 2.38. The summed E-state index contributed by atoms with van der Waals surface area (Å²) in [6.07, 6.45) is 5.34. The summed E-state index contributed by atoms with van der Waals surface area (Å²) in [7, 11) is 0. The molecule has 18 heavy (non-hydrogen) atoms. The lowest BCUT2D eigenvalue weighted by Crippen LogP contribution is -2.14. The fourth-order valence-corrected chi connectivity index (χ4v) is 2.92. The van der Waals surface area contributed by atoms with E-state index >= 15 is 0 Å². The van der Waals surface area contributed by atoms with Crippen LogP contribution in [0.25, 0.3) is 0 Å². The number of carboxylic acids is 1. The van der Waals surface area contributed by atoms with Crippen LogP contribution in [0.3, 0.4) is 0 Å². The fraction of sp³-hybridized carbons (Fsp3) is 0.533. The number of phenolic OH excluding ortho intramolecular Hbond substituents is 1. The first-order valence-electron chi connectivity index (χ1n) is 6.66. The summed E-state index contributed by atoms with van der Waals surface area (Å²) in [5.41, 5.74) is 1.05. The van der Waals surface area contributed by atoms with Gasteiger partial charge in [0.25, 0.3) is 0 Å². The van der Waals surface area contributed by atoms with Gasteiger partial charge in [-0.15, -0.1) is 0 Å². The van der Waals surface area contributed by atoms with E-state index < -0.39 is 5.97 Å². The minimum atomic E-state index is -0.696. The van der Waals surface area contributed by atoms with Gasteiger partial charge in [-0.2, -0.15) is 0 Å². The Hall–Kier alpha value is -1.51. The monoisotopic (exact) mass is 248 g/mol. The Kier molecular flexibility index (Phi) is 4.24. The van der Waals surface area contributed by atoms with Gasteiger partial charge in [0.15, 0.2) is 0 Å². The van der Waals surface area contributed by atoms with Gasteiger partial charge in [0.1, 0.15) is 5.75 Å². The van der Waals surface area contributed by atoms with E-state index in [0.717, 1.165) is 37.7 Å². The second kappa shape index (κ2) is 5.89.